The molecule has 0 saturated heterocycles. The Morgan fingerprint density at radius 3 is 2.33 bits per heavy atom. The molecule has 0 spiro atoms. The van der Waals surface area contributed by atoms with Crippen LogP contribution in [0, 0.1) is 19.8 Å². The number of carbonyl (C=O) groups excluding carboxylic acids is 1. The minimum absolute atomic E-state index is 0.0558. The van der Waals surface area contributed by atoms with Crippen molar-refractivity contribution >= 4 is 17.7 Å². The van der Waals surface area contributed by atoms with E-state index in [1.54, 1.807) is 0 Å². The van der Waals surface area contributed by atoms with Gasteiger partial charge in [0.1, 0.15) is 0 Å². The summed E-state index contributed by atoms with van der Waals surface area (Å²) in [5.41, 5.74) is 5.59. The zero-order chi connectivity index (χ0) is 21.7. The van der Waals surface area contributed by atoms with E-state index in [-0.39, 0.29) is 17.7 Å². The van der Waals surface area contributed by atoms with Crippen LogP contribution in [0.3, 0.4) is 0 Å². The van der Waals surface area contributed by atoms with Crippen LogP contribution in [0.15, 0.2) is 52.1 Å². The third-order valence-electron chi connectivity index (χ3n) is 4.70. The van der Waals surface area contributed by atoms with Crippen molar-refractivity contribution < 1.29 is 9.21 Å². The molecule has 6 heteroatoms. The summed E-state index contributed by atoms with van der Waals surface area (Å²) in [5.74, 6) is 1.26. The number of aromatic nitrogens is 2. The fraction of sp³-hybridized carbons (Fsp3) is 0.375. The number of hydrogen-bond donors (Lipinski definition) is 1. The fourth-order valence-electron chi connectivity index (χ4n) is 3.39. The Kier molecular flexibility index (Phi) is 7.32. The first-order valence-electron chi connectivity index (χ1n) is 10.2. The van der Waals surface area contributed by atoms with Gasteiger partial charge in [-0.2, -0.15) is 0 Å². The van der Waals surface area contributed by atoms with Gasteiger partial charge in [-0.05, 0) is 56.4 Å². The van der Waals surface area contributed by atoms with Gasteiger partial charge in [0.15, 0.2) is 0 Å². The normalized spacial score (nSPS) is 12.2. The topological polar surface area (TPSA) is 68.0 Å². The van der Waals surface area contributed by atoms with E-state index in [4.69, 9.17) is 4.42 Å². The van der Waals surface area contributed by atoms with Crippen molar-refractivity contribution in [2.24, 2.45) is 5.92 Å². The van der Waals surface area contributed by atoms with Crippen molar-refractivity contribution in [3.8, 4) is 11.5 Å². The smallest absolute Gasteiger partial charge is 0.277 e. The monoisotopic (exact) mass is 423 g/mol. The lowest BCUT2D eigenvalue weighted by atomic mass is 10.00. The van der Waals surface area contributed by atoms with Crippen LogP contribution in [-0.2, 0) is 11.2 Å². The van der Waals surface area contributed by atoms with Crippen LogP contribution in [0.2, 0.25) is 0 Å². The Morgan fingerprint density at radius 1 is 1.03 bits per heavy atom. The predicted octanol–water partition coefficient (Wildman–Crippen LogP) is 5.52. The van der Waals surface area contributed by atoms with E-state index in [2.05, 4.69) is 59.7 Å². The molecule has 1 heterocycles. The summed E-state index contributed by atoms with van der Waals surface area (Å²) in [4.78, 5) is 12.4. The number of hydrogen-bond acceptors (Lipinski definition) is 5. The standard InChI is InChI=1S/C24H29N3O2S/c1-15(2)10-19-6-8-20(9-7-19)18(5)25-22(28)14-30-24-27-26-23(29-24)21-12-16(3)11-17(4)13-21/h6-9,11-13,15,18H,10,14H2,1-5H3,(H,25,28)/t18-/m1/s1. The van der Waals surface area contributed by atoms with E-state index < -0.39 is 0 Å². The van der Waals surface area contributed by atoms with E-state index >= 15 is 0 Å². The van der Waals surface area contributed by atoms with Crippen molar-refractivity contribution in [1.82, 2.24) is 15.5 Å². The highest BCUT2D eigenvalue weighted by molar-refractivity contribution is 7.99. The molecule has 0 unspecified atom stereocenters. The molecule has 1 aromatic heterocycles. The molecule has 3 aromatic rings. The highest BCUT2D eigenvalue weighted by atomic mass is 32.2. The number of nitrogens with one attached hydrogen (secondary N) is 1. The van der Waals surface area contributed by atoms with Crippen LogP contribution in [0.4, 0.5) is 0 Å². The molecule has 0 saturated carbocycles. The summed E-state index contributed by atoms with van der Waals surface area (Å²) in [6.45, 7) is 10.5. The molecule has 0 aliphatic carbocycles. The van der Waals surface area contributed by atoms with Gasteiger partial charge in [-0.25, -0.2) is 0 Å². The fourth-order valence-corrected chi connectivity index (χ4v) is 3.96. The second kappa shape index (κ2) is 9.94. The Labute approximate surface area is 182 Å². The Bertz CT molecular complexity index is 976. The molecule has 1 N–H and O–H groups in total. The summed E-state index contributed by atoms with van der Waals surface area (Å²) in [6, 6.07) is 14.5. The van der Waals surface area contributed by atoms with Gasteiger partial charge in [-0.15, -0.1) is 10.2 Å². The average molecular weight is 424 g/mol. The van der Waals surface area contributed by atoms with Gasteiger partial charge in [0.25, 0.3) is 5.22 Å². The number of thioether (sulfide) groups is 1. The minimum Gasteiger partial charge on any atom is -0.411 e. The molecule has 0 radical (unpaired) electrons. The molecule has 2 aromatic carbocycles. The molecule has 0 aliphatic heterocycles. The molecule has 0 aliphatic rings. The zero-order valence-corrected chi connectivity index (χ0v) is 19.0. The molecular formula is C24H29N3O2S. The number of aryl methyl sites for hydroxylation is 2. The SMILES string of the molecule is Cc1cc(C)cc(-c2nnc(SCC(=O)N[C@H](C)c3ccc(CC(C)C)cc3)o2)c1. The van der Waals surface area contributed by atoms with E-state index in [0.29, 0.717) is 17.0 Å². The van der Waals surface area contributed by atoms with Crippen molar-refractivity contribution in [2.75, 3.05) is 5.75 Å². The molecule has 1 atom stereocenters. The highest BCUT2D eigenvalue weighted by Gasteiger charge is 2.14. The lowest BCUT2D eigenvalue weighted by Crippen LogP contribution is -2.28. The maximum atomic E-state index is 12.4. The summed E-state index contributed by atoms with van der Waals surface area (Å²) in [7, 11) is 0. The molecular weight excluding hydrogens is 394 g/mol. The second-order valence-corrected chi connectivity index (χ2v) is 9.09. The third kappa shape index (κ3) is 6.20. The van der Waals surface area contributed by atoms with Gasteiger partial charge >= 0.3 is 0 Å². The van der Waals surface area contributed by atoms with E-state index in [0.717, 1.165) is 28.7 Å². The Balaban J connectivity index is 1.52. The molecule has 3 rings (SSSR count). The molecule has 5 nitrogen and oxygen atoms in total. The van der Waals surface area contributed by atoms with Crippen molar-refractivity contribution in [3.05, 3.63) is 64.7 Å². The van der Waals surface area contributed by atoms with E-state index in [1.165, 1.54) is 17.3 Å². The lowest BCUT2D eigenvalue weighted by Gasteiger charge is -2.15. The van der Waals surface area contributed by atoms with Crippen LogP contribution in [0.5, 0.6) is 0 Å². The largest absolute Gasteiger partial charge is 0.411 e. The number of carbonyl (C=O) groups is 1. The van der Waals surface area contributed by atoms with Gasteiger partial charge < -0.3 is 9.73 Å². The maximum Gasteiger partial charge on any atom is 0.277 e. The summed E-state index contributed by atoms with van der Waals surface area (Å²) in [5, 5.41) is 11.6. The molecule has 158 valence electrons. The number of nitrogens with zero attached hydrogens (tertiary/aromatic N) is 2. The van der Waals surface area contributed by atoms with Crippen LogP contribution in [-0.4, -0.2) is 21.9 Å². The van der Waals surface area contributed by atoms with Gasteiger partial charge in [-0.3, -0.25) is 4.79 Å². The van der Waals surface area contributed by atoms with Gasteiger partial charge in [0, 0.05) is 5.56 Å². The molecule has 1 amide bonds. The van der Waals surface area contributed by atoms with E-state index in [9.17, 15) is 4.79 Å². The quantitative estimate of drug-likeness (QED) is 0.483. The van der Waals surface area contributed by atoms with Crippen molar-refractivity contribution in [3.63, 3.8) is 0 Å². The molecule has 0 bridgehead atoms. The minimum atomic E-state index is -0.0649. The third-order valence-corrected chi connectivity index (χ3v) is 5.52. The second-order valence-electron chi connectivity index (χ2n) is 8.17. The molecule has 0 fully saturated rings. The lowest BCUT2D eigenvalue weighted by molar-refractivity contribution is -0.119. The van der Waals surface area contributed by atoms with Crippen molar-refractivity contribution in [2.45, 2.75) is 52.3 Å². The first-order chi connectivity index (χ1) is 14.3. The van der Waals surface area contributed by atoms with Crippen LogP contribution >= 0.6 is 11.8 Å². The van der Waals surface area contributed by atoms with E-state index in [1.807, 2.05) is 32.9 Å². The summed E-state index contributed by atoms with van der Waals surface area (Å²) >= 11 is 1.25. The Morgan fingerprint density at radius 2 is 1.70 bits per heavy atom. The van der Waals surface area contributed by atoms with Gasteiger partial charge in [0.05, 0.1) is 11.8 Å². The highest BCUT2D eigenvalue weighted by Crippen LogP contribution is 2.25. The number of amides is 1. The van der Waals surface area contributed by atoms with Gasteiger partial charge in [-0.1, -0.05) is 67.1 Å². The van der Waals surface area contributed by atoms with Crippen molar-refractivity contribution in [1.29, 1.82) is 0 Å². The first kappa shape index (κ1) is 22.1. The summed E-state index contributed by atoms with van der Waals surface area (Å²) in [6.07, 6.45) is 1.06. The number of benzene rings is 2. The first-order valence-corrected chi connectivity index (χ1v) is 11.2. The molecule has 30 heavy (non-hydrogen) atoms. The Hall–Kier alpha value is -2.60. The van der Waals surface area contributed by atoms with Crippen LogP contribution in [0.1, 0.15) is 49.1 Å². The average Bonchev–Trinajstić information content (AvgIpc) is 3.15. The predicted molar refractivity (Wildman–Crippen MR) is 121 cm³/mol. The maximum absolute atomic E-state index is 12.4. The van der Waals surface area contributed by atoms with Gasteiger partial charge in [0.2, 0.25) is 11.8 Å². The van der Waals surface area contributed by atoms with Crippen LogP contribution in [0.25, 0.3) is 11.5 Å². The number of rotatable bonds is 8. The zero-order valence-electron chi connectivity index (χ0n) is 18.2. The summed E-state index contributed by atoms with van der Waals surface area (Å²) < 4.78 is 5.73. The van der Waals surface area contributed by atoms with Crippen LogP contribution < -0.4 is 5.32 Å².